The Labute approximate surface area is 288 Å². The van der Waals surface area contributed by atoms with Gasteiger partial charge in [-0.3, -0.25) is 9.59 Å². The van der Waals surface area contributed by atoms with E-state index in [2.05, 4.69) is 51.9 Å². The number of nitrogens with zero attached hydrogens (tertiary/aromatic N) is 2. The fraction of sp³-hybridized carbons (Fsp3) is 0.800. The van der Waals surface area contributed by atoms with Crippen LogP contribution in [0.25, 0.3) is 0 Å². The van der Waals surface area contributed by atoms with Crippen molar-refractivity contribution in [1.82, 2.24) is 10.3 Å². The Morgan fingerprint density at radius 3 is 1.40 bits per heavy atom. The van der Waals surface area contributed by atoms with Crippen molar-refractivity contribution in [3.05, 3.63) is 34.0 Å². The van der Waals surface area contributed by atoms with E-state index >= 15 is 0 Å². The third-order valence-electron chi connectivity index (χ3n) is 10.2. The zero-order valence-electron chi connectivity index (χ0n) is 31.2. The number of aliphatic carboxylic acids is 1. The largest absolute Gasteiger partial charge is 0.481 e. The molecule has 2 heterocycles. The summed E-state index contributed by atoms with van der Waals surface area (Å²) < 4.78 is 16.9. The highest BCUT2D eigenvalue weighted by molar-refractivity contribution is 5.70. The average Bonchev–Trinajstić information content (AvgIpc) is 3.84. The van der Waals surface area contributed by atoms with Crippen molar-refractivity contribution in [3.8, 4) is 0 Å². The van der Waals surface area contributed by atoms with Crippen LogP contribution in [0.5, 0.6) is 0 Å². The molecule has 4 aliphatic rings. The number of hydrogen-bond donors (Lipinski definition) is 1. The maximum atomic E-state index is 12.0. The summed E-state index contributed by atoms with van der Waals surface area (Å²) in [5.41, 5.74) is 4.84. The van der Waals surface area contributed by atoms with Crippen LogP contribution in [-0.2, 0) is 27.2 Å². The Bertz CT molecular complexity index is 1400. The first kappa shape index (κ1) is 36.6. The van der Waals surface area contributed by atoms with Crippen LogP contribution < -0.4 is 0 Å². The van der Waals surface area contributed by atoms with Crippen molar-refractivity contribution in [2.45, 2.75) is 181 Å². The van der Waals surface area contributed by atoms with Crippen LogP contribution in [0.15, 0.2) is 9.05 Å². The van der Waals surface area contributed by atoms with E-state index in [-0.39, 0.29) is 12.4 Å². The molecular weight excluding hydrogens is 604 g/mol. The number of aromatic nitrogens is 2. The van der Waals surface area contributed by atoms with Gasteiger partial charge in [-0.2, -0.15) is 0 Å². The number of carbonyl (C=O) groups is 2. The van der Waals surface area contributed by atoms with E-state index in [9.17, 15) is 9.59 Å². The molecule has 4 aliphatic carbocycles. The van der Waals surface area contributed by atoms with Gasteiger partial charge in [0.1, 0.15) is 17.1 Å². The SMILES string of the molecule is CC(C)(C)CC1CC(c2onc(CCC(=O)O)c2C2CC2)C1.CC(C)(C)CC1CC(c2onc(CCC(=O)OC(C)(C)C)c2C2CC2)C1. The summed E-state index contributed by atoms with van der Waals surface area (Å²) in [5.74, 6) is 5.10. The average molecular weight is 667 g/mol. The number of aryl methyl sites for hydroxylation is 2. The standard InChI is InChI=1S/C22H35NO3.C18H27NO3/c1-21(2,3)13-14-11-16(12-14)20-19(15-7-8-15)17(23-26-20)9-10-18(24)25-22(4,5)6;1-18(2,3)10-11-8-13(9-11)17-16(12-4-5-12)14(19-22-17)6-7-15(20)21/h14-16H,7-13H2,1-6H3;11-13H,4-10H2,1-3H3,(H,20,21). The molecule has 268 valence electrons. The zero-order chi connectivity index (χ0) is 35.0. The molecule has 0 aromatic carbocycles. The molecule has 6 rings (SSSR count). The summed E-state index contributed by atoms with van der Waals surface area (Å²) in [7, 11) is 0. The van der Waals surface area contributed by atoms with Crippen LogP contribution >= 0.6 is 0 Å². The molecule has 2 aromatic rings. The lowest BCUT2D eigenvalue weighted by Crippen LogP contribution is -2.26. The molecule has 2 aromatic heterocycles. The highest BCUT2D eigenvalue weighted by Crippen LogP contribution is 2.53. The molecule has 0 spiro atoms. The van der Waals surface area contributed by atoms with E-state index in [1.54, 1.807) is 0 Å². The quantitative estimate of drug-likeness (QED) is 0.223. The molecule has 0 amide bonds. The lowest BCUT2D eigenvalue weighted by molar-refractivity contribution is -0.154. The highest BCUT2D eigenvalue weighted by atomic mass is 16.6. The van der Waals surface area contributed by atoms with Crippen LogP contribution in [0, 0.1) is 22.7 Å². The minimum atomic E-state index is -0.764. The third-order valence-corrected chi connectivity index (χ3v) is 10.2. The second-order valence-corrected chi connectivity index (χ2v) is 18.9. The first-order valence-electron chi connectivity index (χ1n) is 18.8. The smallest absolute Gasteiger partial charge is 0.306 e. The van der Waals surface area contributed by atoms with E-state index < -0.39 is 11.6 Å². The van der Waals surface area contributed by atoms with Crippen LogP contribution in [0.1, 0.15) is 197 Å². The lowest BCUT2D eigenvalue weighted by atomic mass is 9.67. The molecule has 0 bridgehead atoms. The van der Waals surface area contributed by atoms with Gasteiger partial charge in [-0.25, -0.2) is 0 Å². The summed E-state index contributed by atoms with van der Waals surface area (Å²) in [6.07, 6.45) is 13.9. The van der Waals surface area contributed by atoms with E-state index in [1.807, 2.05) is 20.8 Å². The molecule has 4 saturated carbocycles. The van der Waals surface area contributed by atoms with Gasteiger partial charge < -0.3 is 18.9 Å². The van der Waals surface area contributed by atoms with Gasteiger partial charge in [0.2, 0.25) is 0 Å². The molecule has 48 heavy (non-hydrogen) atoms. The van der Waals surface area contributed by atoms with E-state index in [0.717, 1.165) is 34.7 Å². The van der Waals surface area contributed by atoms with Gasteiger partial charge in [-0.1, -0.05) is 51.9 Å². The fourth-order valence-electron chi connectivity index (χ4n) is 8.06. The maximum Gasteiger partial charge on any atom is 0.306 e. The number of hydrogen-bond acceptors (Lipinski definition) is 7. The predicted molar refractivity (Wildman–Crippen MR) is 186 cm³/mol. The Morgan fingerprint density at radius 2 is 1.06 bits per heavy atom. The van der Waals surface area contributed by atoms with Crippen LogP contribution in [-0.4, -0.2) is 33.0 Å². The summed E-state index contributed by atoms with van der Waals surface area (Å²) >= 11 is 0. The molecule has 1 N–H and O–H groups in total. The molecule has 4 fully saturated rings. The van der Waals surface area contributed by atoms with Crippen LogP contribution in [0.3, 0.4) is 0 Å². The Balaban J connectivity index is 0.000000190. The summed E-state index contributed by atoms with van der Waals surface area (Å²) in [6, 6.07) is 0. The molecule has 8 heteroatoms. The first-order valence-corrected chi connectivity index (χ1v) is 18.8. The number of rotatable bonds is 12. The molecule has 0 radical (unpaired) electrons. The summed E-state index contributed by atoms with van der Waals surface area (Å²) in [6.45, 7) is 19.6. The molecule has 0 aliphatic heterocycles. The van der Waals surface area contributed by atoms with Crippen molar-refractivity contribution in [2.75, 3.05) is 0 Å². The lowest BCUT2D eigenvalue weighted by Gasteiger charge is -2.38. The third kappa shape index (κ3) is 10.4. The number of carboxylic acids is 1. The predicted octanol–water partition coefficient (Wildman–Crippen LogP) is 10.3. The van der Waals surface area contributed by atoms with E-state index in [0.29, 0.717) is 53.8 Å². The zero-order valence-corrected chi connectivity index (χ0v) is 31.2. The van der Waals surface area contributed by atoms with Gasteiger partial charge in [-0.05, 0) is 119 Å². The molecule has 8 nitrogen and oxygen atoms in total. The molecular formula is C40H62N2O6. The Hall–Kier alpha value is -2.64. The van der Waals surface area contributed by atoms with Gasteiger partial charge in [0, 0.05) is 35.8 Å². The fourth-order valence-corrected chi connectivity index (χ4v) is 8.06. The first-order chi connectivity index (χ1) is 22.3. The van der Waals surface area contributed by atoms with Gasteiger partial charge in [0.05, 0.1) is 24.2 Å². The minimum absolute atomic E-state index is 0.142. The molecule has 0 saturated heterocycles. The molecule has 0 unspecified atom stereocenters. The van der Waals surface area contributed by atoms with Crippen LogP contribution in [0.2, 0.25) is 0 Å². The number of carboxylic acid groups (broad SMARTS) is 1. The van der Waals surface area contributed by atoms with E-state index in [1.165, 1.54) is 75.3 Å². The normalized spacial score (nSPS) is 24.3. The van der Waals surface area contributed by atoms with Crippen molar-refractivity contribution in [3.63, 3.8) is 0 Å². The summed E-state index contributed by atoms with van der Waals surface area (Å²) in [5, 5.41) is 17.5. The van der Waals surface area contributed by atoms with Crippen molar-refractivity contribution in [2.24, 2.45) is 22.7 Å². The maximum absolute atomic E-state index is 12.0. The van der Waals surface area contributed by atoms with Gasteiger partial charge in [0.25, 0.3) is 0 Å². The topological polar surface area (TPSA) is 116 Å². The molecule has 0 atom stereocenters. The Kier molecular flexibility index (Phi) is 10.9. The minimum Gasteiger partial charge on any atom is -0.481 e. The van der Waals surface area contributed by atoms with Crippen molar-refractivity contribution < 1.29 is 28.5 Å². The van der Waals surface area contributed by atoms with Gasteiger partial charge in [-0.15, -0.1) is 0 Å². The van der Waals surface area contributed by atoms with Crippen molar-refractivity contribution in [1.29, 1.82) is 0 Å². The monoisotopic (exact) mass is 666 g/mol. The van der Waals surface area contributed by atoms with Crippen LogP contribution in [0.4, 0.5) is 0 Å². The van der Waals surface area contributed by atoms with Crippen molar-refractivity contribution >= 4 is 11.9 Å². The number of ether oxygens (including phenoxy) is 1. The second-order valence-electron chi connectivity index (χ2n) is 18.9. The number of carbonyl (C=O) groups excluding carboxylic acids is 1. The Morgan fingerprint density at radius 1 is 0.667 bits per heavy atom. The van der Waals surface area contributed by atoms with Gasteiger partial charge in [0.15, 0.2) is 0 Å². The highest BCUT2D eigenvalue weighted by Gasteiger charge is 2.42. The second kappa shape index (κ2) is 14.3. The number of esters is 1. The van der Waals surface area contributed by atoms with E-state index in [4.69, 9.17) is 18.9 Å². The van der Waals surface area contributed by atoms with Gasteiger partial charge >= 0.3 is 11.9 Å². The summed E-state index contributed by atoms with van der Waals surface area (Å²) in [4.78, 5) is 22.8.